The molecule has 3 rings (SSSR count). The molecule has 1 heterocycles. The molecule has 0 aliphatic heterocycles. The monoisotopic (exact) mass is 416 g/mol. The van der Waals surface area contributed by atoms with Crippen LogP contribution in [0.15, 0.2) is 78.0 Å². The highest BCUT2D eigenvalue weighted by atomic mass is 16.5. The number of carbonyl (C=O) groups is 1. The molecule has 6 nitrogen and oxygen atoms in total. The van der Waals surface area contributed by atoms with Gasteiger partial charge in [0.15, 0.2) is 0 Å². The van der Waals surface area contributed by atoms with Crippen molar-refractivity contribution < 1.29 is 9.53 Å². The quantitative estimate of drug-likeness (QED) is 0.463. The molecule has 0 aliphatic carbocycles. The van der Waals surface area contributed by atoms with Crippen LogP contribution in [0.3, 0.4) is 0 Å². The summed E-state index contributed by atoms with van der Waals surface area (Å²) in [5, 5.41) is 6.08. The topological polar surface area (TPSA) is 75.6 Å². The average molecular weight is 417 g/mol. The Morgan fingerprint density at radius 2 is 1.61 bits per heavy atom. The molecule has 160 valence electrons. The van der Waals surface area contributed by atoms with Crippen molar-refractivity contribution in [1.82, 2.24) is 10.3 Å². The van der Waals surface area contributed by atoms with E-state index in [0.29, 0.717) is 18.1 Å². The Hall–Kier alpha value is -3.67. The van der Waals surface area contributed by atoms with Crippen LogP contribution in [0.4, 0.5) is 5.69 Å². The van der Waals surface area contributed by atoms with Gasteiger partial charge in [-0.25, -0.2) is 4.99 Å². The summed E-state index contributed by atoms with van der Waals surface area (Å²) < 4.78 is 5.20. The Morgan fingerprint density at radius 1 is 0.968 bits per heavy atom. The first kappa shape index (κ1) is 22.0. The summed E-state index contributed by atoms with van der Waals surface area (Å²) in [6.45, 7) is 6.84. The molecule has 0 aliphatic rings. The molecule has 0 saturated heterocycles. The number of hydrogen-bond donors (Lipinski definition) is 2. The predicted octanol–water partition coefficient (Wildman–Crippen LogP) is 4.79. The fourth-order valence-electron chi connectivity index (χ4n) is 2.88. The maximum absolute atomic E-state index is 12.9. The van der Waals surface area contributed by atoms with Crippen molar-refractivity contribution in [3.8, 4) is 5.75 Å². The number of anilines is 1. The Labute approximate surface area is 183 Å². The maximum atomic E-state index is 12.9. The van der Waals surface area contributed by atoms with Gasteiger partial charge in [0.2, 0.25) is 5.96 Å². The summed E-state index contributed by atoms with van der Waals surface area (Å²) >= 11 is 0. The van der Waals surface area contributed by atoms with Crippen LogP contribution in [0.1, 0.15) is 42.3 Å². The number of guanidine groups is 1. The molecule has 3 aromatic rings. The molecule has 1 aromatic heterocycles. The normalized spacial score (nSPS) is 11.7. The number of nitrogens with one attached hydrogen (secondary N) is 2. The molecule has 0 atom stereocenters. The van der Waals surface area contributed by atoms with Gasteiger partial charge in [0.1, 0.15) is 5.75 Å². The molecular weight excluding hydrogens is 388 g/mol. The second-order valence-corrected chi connectivity index (χ2v) is 8.16. The van der Waals surface area contributed by atoms with E-state index in [9.17, 15) is 4.79 Å². The lowest BCUT2D eigenvalue weighted by Crippen LogP contribution is -2.36. The third-order valence-electron chi connectivity index (χ3n) is 4.77. The highest BCUT2D eigenvalue weighted by molar-refractivity contribution is 6.10. The van der Waals surface area contributed by atoms with Crippen molar-refractivity contribution in [2.24, 2.45) is 4.99 Å². The molecule has 2 aromatic carbocycles. The van der Waals surface area contributed by atoms with E-state index in [1.165, 1.54) is 5.56 Å². The minimum absolute atomic E-state index is 0.0298. The van der Waals surface area contributed by atoms with E-state index in [-0.39, 0.29) is 11.3 Å². The van der Waals surface area contributed by atoms with Crippen LogP contribution in [0.5, 0.6) is 5.75 Å². The lowest BCUT2D eigenvalue weighted by molar-refractivity contribution is 0.0977. The van der Waals surface area contributed by atoms with Crippen LogP contribution in [0.25, 0.3) is 0 Å². The van der Waals surface area contributed by atoms with E-state index >= 15 is 0 Å². The van der Waals surface area contributed by atoms with Crippen molar-refractivity contribution in [3.63, 3.8) is 0 Å². The zero-order valence-electron chi connectivity index (χ0n) is 18.3. The number of methoxy groups -OCH3 is 1. The SMILES string of the molecule is COc1ccc(NC(=NCc2ccncc2)NC(=O)c2ccc(C(C)(C)C)cc2)cc1. The van der Waals surface area contributed by atoms with Gasteiger partial charge in [-0.3, -0.25) is 15.1 Å². The van der Waals surface area contributed by atoms with Gasteiger partial charge in [0.05, 0.1) is 13.7 Å². The zero-order valence-corrected chi connectivity index (χ0v) is 18.3. The van der Waals surface area contributed by atoms with Crippen LogP contribution in [-0.2, 0) is 12.0 Å². The van der Waals surface area contributed by atoms with E-state index in [0.717, 1.165) is 17.0 Å². The Balaban J connectivity index is 1.78. The van der Waals surface area contributed by atoms with Gasteiger partial charge in [-0.1, -0.05) is 32.9 Å². The van der Waals surface area contributed by atoms with E-state index in [4.69, 9.17) is 4.74 Å². The third-order valence-corrected chi connectivity index (χ3v) is 4.77. The van der Waals surface area contributed by atoms with Crippen LogP contribution < -0.4 is 15.4 Å². The molecule has 6 heteroatoms. The molecule has 0 unspecified atom stereocenters. The summed E-state index contributed by atoms with van der Waals surface area (Å²) in [7, 11) is 1.62. The molecule has 0 fully saturated rings. The first-order chi connectivity index (χ1) is 14.8. The summed E-state index contributed by atoms with van der Waals surface area (Å²) in [6.07, 6.45) is 3.44. The maximum Gasteiger partial charge on any atom is 0.257 e. The predicted molar refractivity (Wildman–Crippen MR) is 125 cm³/mol. The molecule has 0 bridgehead atoms. The molecule has 0 spiro atoms. The fourth-order valence-corrected chi connectivity index (χ4v) is 2.88. The van der Waals surface area contributed by atoms with Gasteiger partial charge in [0.25, 0.3) is 5.91 Å². The molecule has 0 saturated carbocycles. The van der Waals surface area contributed by atoms with Crippen LogP contribution in [-0.4, -0.2) is 24.0 Å². The van der Waals surface area contributed by atoms with Crippen molar-refractivity contribution in [1.29, 1.82) is 0 Å². The summed E-state index contributed by atoms with van der Waals surface area (Å²) in [6, 6.07) is 18.8. The number of rotatable bonds is 5. The second kappa shape index (κ2) is 9.89. The van der Waals surface area contributed by atoms with Crippen molar-refractivity contribution >= 4 is 17.6 Å². The van der Waals surface area contributed by atoms with E-state index in [1.807, 2.05) is 60.7 Å². The number of nitrogens with zero attached hydrogens (tertiary/aromatic N) is 2. The first-order valence-corrected chi connectivity index (χ1v) is 10.1. The summed E-state index contributed by atoms with van der Waals surface area (Å²) in [4.78, 5) is 21.4. The minimum Gasteiger partial charge on any atom is -0.497 e. The van der Waals surface area contributed by atoms with E-state index in [1.54, 1.807) is 19.5 Å². The lowest BCUT2D eigenvalue weighted by Gasteiger charge is -2.19. The van der Waals surface area contributed by atoms with E-state index in [2.05, 4.69) is 41.4 Å². The standard InChI is InChI=1S/C25H28N4O2/c1-25(2,3)20-7-5-19(6-8-20)23(30)29-24(27-17-18-13-15-26-16-14-18)28-21-9-11-22(31-4)12-10-21/h5-16H,17H2,1-4H3,(H2,27,28,29,30). The number of aliphatic imine (C=N–C) groups is 1. The Bertz CT molecular complexity index is 1020. The number of ether oxygens (including phenoxy) is 1. The summed E-state index contributed by atoms with van der Waals surface area (Å²) in [5.74, 6) is 0.894. The number of carbonyl (C=O) groups excluding carboxylic acids is 1. The minimum atomic E-state index is -0.227. The highest BCUT2D eigenvalue weighted by Crippen LogP contribution is 2.22. The third kappa shape index (κ3) is 6.40. The van der Waals surface area contributed by atoms with Crippen molar-refractivity contribution in [2.45, 2.75) is 32.7 Å². The molecule has 2 N–H and O–H groups in total. The highest BCUT2D eigenvalue weighted by Gasteiger charge is 2.15. The van der Waals surface area contributed by atoms with E-state index < -0.39 is 0 Å². The fraction of sp³-hybridized carbons (Fsp3) is 0.240. The number of amides is 1. The largest absolute Gasteiger partial charge is 0.497 e. The molecular formula is C25H28N4O2. The number of hydrogen-bond acceptors (Lipinski definition) is 4. The smallest absolute Gasteiger partial charge is 0.257 e. The Morgan fingerprint density at radius 3 is 2.19 bits per heavy atom. The molecule has 31 heavy (non-hydrogen) atoms. The number of benzene rings is 2. The lowest BCUT2D eigenvalue weighted by atomic mass is 9.87. The average Bonchev–Trinajstić information content (AvgIpc) is 2.78. The van der Waals surface area contributed by atoms with Crippen LogP contribution in [0, 0.1) is 0 Å². The van der Waals surface area contributed by atoms with Gasteiger partial charge in [0, 0.05) is 23.6 Å². The van der Waals surface area contributed by atoms with Gasteiger partial charge in [-0.2, -0.15) is 0 Å². The Kier molecular flexibility index (Phi) is 7.03. The number of aromatic nitrogens is 1. The first-order valence-electron chi connectivity index (χ1n) is 10.1. The molecule has 1 amide bonds. The van der Waals surface area contributed by atoms with Gasteiger partial charge in [-0.05, 0) is 65.1 Å². The van der Waals surface area contributed by atoms with Crippen LogP contribution >= 0.6 is 0 Å². The molecule has 0 radical (unpaired) electrons. The van der Waals surface area contributed by atoms with Crippen LogP contribution in [0.2, 0.25) is 0 Å². The second-order valence-electron chi connectivity index (χ2n) is 8.16. The zero-order chi connectivity index (χ0) is 22.3. The number of pyridine rings is 1. The van der Waals surface area contributed by atoms with Gasteiger partial charge < -0.3 is 10.1 Å². The summed E-state index contributed by atoms with van der Waals surface area (Å²) in [5.41, 5.74) is 3.56. The van der Waals surface area contributed by atoms with Gasteiger partial charge >= 0.3 is 0 Å². The van der Waals surface area contributed by atoms with Crippen molar-refractivity contribution in [3.05, 3.63) is 89.7 Å². The van der Waals surface area contributed by atoms with Gasteiger partial charge in [-0.15, -0.1) is 0 Å². The van der Waals surface area contributed by atoms with Crippen molar-refractivity contribution in [2.75, 3.05) is 12.4 Å².